The second-order valence-corrected chi connectivity index (χ2v) is 5.69. The van der Waals surface area contributed by atoms with E-state index in [0.717, 1.165) is 11.1 Å². The number of nitrogens with zero attached hydrogens (tertiary/aromatic N) is 5. The van der Waals surface area contributed by atoms with E-state index in [0.29, 0.717) is 27.4 Å². The molecule has 0 radical (unpaired) electrons. The Bertz CT molecular complexity index is 1130. The number of halogens is 1. The van der Waals surface area contributed by atoms with Crippen molar-refractivity contribution < 1.29 is 0 Å². The average molecular weight is 326 g/mol. The van der Waals surface area contributed by atoms with Crippen LogP contribution in [0, 0.1) is 6.92 Å². The number of aryl methyl sites for hydroxylation is 2. The van der Waals surface area contributed by atoms with Crippen LogP contribution in [0.4, 0.5) is 0 Å². The van der Waals surface area contributed by atoms with Crippen LogP contribution in [0.2, 0.25) is 5.15 Å². The van der Waals surface area contributed by atoms with E-state index < -0.39 is 0 Å². The summed E-state index contributed by atoms with van der Waals surface area (Å²) in [7, 11) is 1.73. The van der Waals surface area contributed by atoms with Crippen LogP contribution in [0.15, 0.2) is 41.5 Å². The second kappa shape index (κ2) is 4.89. The molecule has 0 aliphatic rings. The quantitative estimate of drug-likeness (QED) is 0.539. The van der Waals surface area contributed by atoms with Crippen molar-refractivity contribution in [3.05, 3.63) is 57.9 Å². The van der Waals surface area contributed by atoms with E-state index in [-0.39, 0.29) is 5.56 Å². The standard InChI is InChI=1S/C16H12ClN5O/c1-9-14(17)20-12-8-18-22(15(12)19-9)13-5-3-4-11-10(13)6-7-21(2)16(11)23/h3-8H,1-2H3. The van der Waals surface area contributed by atoms with Crippen LogP contribution >= 0.6 is 11.6 Å². The highest BCUT2D eigenvalue weighted by molar-refractivity contribution is 6.30. The predicted octanol–water partition coefficient (Wildman–Crippen LogP) is 2.63. The van der Waals surface area contributed by atoms with Gasteiger partial charge in [0, 0.05) is 24.0 Å². The normalized spacial score (nSPS) is 11.4. The third-order valence-electron chi connectivity index (χ3n) is 3.84. The molecule has 4 aromatic rings. The van der Waals surface area contributed by atoms with Gasteiger partial charge < -0.3 is 4.57 Å². The lowest BCUT2D eigenvalue weighted by molar-refractivity contribution is 0.869. The van der Waals surface area contributed by atoms with Gasteiger partial charge in [0.05, 0.1) is 17.6 Å². The lowest BCUT2D eigenvalue weighted by Gasteiger charge is -2.08. The Morgan fingerprint density at radius 2 is 1.96 bits per heavy atom. The van der Waals surface area contributed by atoms with Crippen LogP contribution in [0.5, 0.6) is 0 Å². The first-order valence-corrected chi connectivity index (χ1v) is 7.40. The number of hydrogen-bond donors (Lipinski definition) is 0. The zero-order valence-corrected chi connectivity index (χ0v) is 13.2. The van der Waals surface area contributed by atoms with Gasteiger partial charge in [0.2, 0.25) is 0 Å². The Balaban J connectivity index is 2.09. The molecule has 0 aliphatic carbocycles. The maximum absolute atomic E-state index is 12.3. The molecular weight excluding hydrogens is 314 g/mol. The molecule has 114 valence electrons. The zero-order chi connectivity index (χ0) is 16.1. The van der Waals surface area contributed by atoms with Crippen molar-refractivity contribution in [2.24, 2.45) is 7.05 Å². The van der Waals surface area contributed by atoms with Gasteiger partial charge in [-0.15, -0.1) is 0 Å². The SMILES string of the molecule is Cc1nc2c(cnn2-c2cccc3c(=O)n(C)ccc23)nc1Cl. The first kappa shape index (κ1) is 13.9. The third kappa shape index (κ3) is 2.03. The van der Waals surface area contributed by atoms with Crippen molar-refractivity contribution in [3.63, 3.8) is 0 Å². The molecule has 0 N–H and O–H groups in total. The first-order chi connectivity index (χ1) is 11.1. The van der Waals surface area contributed by atoms with Gasteiger partial charge in [-0.05, 0) is 25.1 Å². The predicted molar refractivity (Wildman–Crippen MR) is 89.2 cm³/mol. The smallest absolute Gasteiger partial charge is 0.258 e. The summed E-state index contributed by atoms with van der Waals surface area (Å²) in [5.41, 5.74) is 2.59. The Morgan fingerprint density at radius 1 is 1.13 bits per heavy atom. The number of hydrogen-bond acceptors (Lipinski definition) is 4. The molecule has 0 fully saturated rings. The van der Waals surface area contributed by atoms with E-state index in [1.165, 1.54) is 0 Å². The number of rotatable bonds is 1. The van der Waals surface area contributed by atoms with Crippen LogP contribution in [-0.4, -0.2) is 24.3 Å². The molecule has 0 aliphatic heterocycles. The largest absolute Gasteiger partial charge is 0.318 e. The fraction of sp³-hybridized carbons (Fsp3) is 0.125. The van der Waals surface area contributed by atoms with E-state index in [4.69, 9.17) is 11.6 Å². The fourth-order valence-electron chi connectivity index (χ4n) is 2.63. The van der Waals surface area contributed by atoms with Crippen molar-refractivity contribution in [2.45, 2.75) is 6.92 Å². The zero-order valence-electron chi connectivity index (χ0n) is 12.5. The van der Waals surface area contributed by atoms with Gasteiger partial charge in [-0.25, -0.2) is 14.6 Å². The minimum Gasteiger partial charge on any atom is -0.318 e. The summed E-state index contributed by atoms with van der Waals surface area (Å²) in [5, 5.41) is 6.19. The van der Waals surface area contributed by atoms with Crippen molar-refractivity contribution in [1.29, 1.82) is 0 Å². The van der Waals surface area contributed by atoms with Crippen molar-refractivity contribution in [2.75, 3.05) is 0 Å². The summed E-state index contributed by atoms with van der Waals surface area (Å²) < 4.78 is 3.24. The third-order valence-corrected chi connectivity index (χ3v) is 4.20. The summed E-state index contributed by atoms with van der Waals surface area (Å²) >= 11 is 6.02. The number of pyridine rings is 1. The number of aromatic nitrogens is 5. The van der Waals surface area contributed by atoms with Gasteiger partial charge in [0.15, 0.2) is 10.8 Å². The van der Waals surface area contributed by atoms with Crippen molar-refractivity contribution in [3.8, 4) is 5.69 Å². The molecule has 0 unspecified atom stereocenters. The Morgan fingerprint density at radius 3 is 2.78 bits per heavy atom. The lowest BCUT2D eigenvalue weighted by atomic mass is 10.1. The highest BCUT2D eigenvalue weighted by Crippen LogP contribution is 2.23. The van der Waals surface area contributed by atoms with Gasteiger partial charge in [-0.1, -0.05) is 17.7 Å². The summed E-state index contributed by atoms with van der Waals surface area (Å²) in [6.07, 6.45) is 3.36. The summed E-state index contributed by atoms with van der Waals surface area (Å²) in [6, 6.07) is 7.44. The molecular formula is C16H12ClN5O. The molecule has 0 amide bonds. The van der Waals surface area contributed by atoms with Gasteiger partial charge in [0.1, 0.15) is 5.52 Å². The molecule has 3 aromatic heterocycles. The molecule has 0 saturated heterocycles. The molecule has 0 spiro atoms. The average Bonchev–Trinajstić information content (AvgIpc) is 2.93. The highest BCUT2D eigenvalue weighted by Gasteiger charge is 2.13. The molecule has 0 atom stereocenters. The van der Waals surface area contributed by atoms with E-state index >= 15 is 0 Å². The van der Waals surface area contributed by atoms with E-state index in [9.17, 15) is 4.79 Å². The molecule has 7 heteroatoms. The minimum atomic E-state index is -0.0499. The maximum Gasteiger partial charge on any atom is 0.258 e. The number of benzene rings is 1. The Labute approximate surface area is 136 Å². The highest BCUT2D eigenvalue weighted by atomic mass is 35.5. The molecule has 3 heterocycles. The molecule has 23 heavy (non-hydrogen) atoms. The molecule has 6 nitrogen and oxygen atoms in total. The topological polar surface area (TPSA) is 65.6 Å². The van der Waals surface area contributed by atoms with Gasteiger partial charge >= 0.3 is 0 Å². The monoisotopic (exact) mass is 325 g/mol. The lowest BCUT2D eigenvalue weighted by Crippen LogP contribution is -2.16. The second-order valence-electron chi connectivity index (χ2n) is 5.34. The molecule has 1 aromatic carbocycles. The van der Waals surface area contributed by atoms with Gasteiger partial charge in [-0.2, -0.15) is 5.10 Å². The van der Waals surface area contributed by atoms with Crippen molar-refractivity contribution in [1.82, 2.24) is 24.3 Å². The van der Waals surface area contributed by atoms with Gasteiger partial charge in [-0.3, -0.25) is 4.79 Å². The maximum atomic E-state index is 12.3. The first-order valence-electron chi connectivity index (χ1n) is 7.03. The molecule has 0 saturated carbocycles. The summed E-state index contributed by atoms with van der Waals surface area (Å²) in [4.78, 5) is 21.1. The van der Waals surface area contributed by atoms with E-state index in [2.05, 4.69) is 15.1 Å². The summed E-state index contributed by atoms with van der Waals surface area (Å²) in [5.74, 6) is 0. The van der Waals surface area contributed by atoms with Crippen LogP contribution in [-0.2, 0) is 7.05 Å². The number of fused-ring (bicyclic) bond motifs is 2. The minimum absolute atomic E-state index is 0.0499. The van der Waals surface area contributed by atoms with Crippen molar-refractivity contribution >= 4 is 33.5 Å². The van der Waals surface area contributed by atoms with Crippen LogP contribution in [0.25, 0.3) is 27.6 Å². The van der Waals surface area contributed by atoms with Crippen LogP contribution in [0.1, 0.15) is 5.69 Å². The molecule has 0 bridgehead atoms. The van der Waals surface area contributed by atoms with E-state index in [1.807, 2.05) is 18.2 Å². The van der Waals surface area contributed by atoms with Gasteiger partial charge in [0.25, 0.3) is 5.56 Å². The van der Waals surface area contributed by atoms with Crippen LogP contribution < -0.4 is 5.56 Å². The molecule has 4 rings (SSSR count). The fourth-order valence-corrected chi connectivity index (χ4v) is 2.76. The Hall–Kier alpha value is -2.73. The summed E-state index contributed by atoms with van der Waals surface area (Å²) in [6.45, 7) is 1.80. The Kier molecular flexibility index (Phi) is 2.96. The van der Waals surface area contributed by atoms with E-state index in [1.54, 1.807) is 41.7 Å². The van der Waals surface area contributed by atoms with Crippen LogP contribution in [0.3, 0.4) is 0 Å².